The predicted molar refractivity (Wildman–Crippen MR) is 71.3 cm³/mol. The molecule has 1 aliphatic heterocycles. The highest BCUT2D eigenvalue weighted by Crippen LogP contribution is 2.48. The summed E-state index contributed by atoms with van der Waals surface area (Å²) in [7, 11) is 0. The Labute approximate surface area is 119 Å². The number of hydrogen-bond donors (Lipinski definition) is 1. The SMILES string of the molecule is O=C(NOC1CCOC1)C1(c2cncc(Br)c2)CC1. The second-order valence-corrected chi connectivity index (χ2v) is 5.92. The summed E-state index contributed by atoms with van der Waals surface area (Å²) >= 11 is 3.38. The van der Waals surface area contributed by atoms with Crippen LogP contribution in [-0.4, -0.2) is 30.2 Å². The fourth-order valence-corrected chi connectivity index (χ4v) is 2.65. The first-order valence-electron chi connectivity index (χ1n) is 6.35. The summed E-state index contributed by atoms with van der Waals surface area (Å²) in [5.74, 6) is -0.0840. The Kier molecular flexibility index (Phi) is 3.56. The molecule has 0 bridgehead atoms. The molecule has 1 aromatic heterocycles. The van der Waals surface area contributed by atoms with E-state index < -0.39 is 5.41 Å². The lowest BCUT2D eigenvalue weighted by Gasteiger charge is -2.17. The lowest BCUT2D eigenvalue weighted by Crippen LogP contribution is -2.37. The smallest absolute Gasteiger partial charge is 0.254 e. The topological polar surface area (TPSA) is 60.5 Å². The molecule has 1 amide bonds. The first kappa shape index (κ1) is 13.0. The van der Waals surface area contributed by atoms with Crippen LogP contribution in [0.1, 0.15) is 24.8 Å². The maximum Gasteiger partial charge on any atom is 0.254 e. The zero-order valence-corrected chi connectivity index (χ0v) is 12.0. The minimum absolute atomic E-state index is 0.0274. The lowest BCUT2D eigenvalue weighted by atomic mass is 9.97. The average Bonchev–Trinajstić information content (AvgIpc) is 3.06. The van der Waals surface area contributed by atoms with Gasteiger partial charge in [-0.05, 0) is 40.4 Å². The Morgan fingerprint density at radius 3 is 3.00 bits per heavy atom. The first-order chi connectivity index (χ1) is 9.21. The molecule has 5 nitrogen and oxygen atoms in total. The molecular formula is C13H15BrN2O3. The fourth-order valence-electron chi connectivity index (χ4n) is 2.29. The molecule has 1 N–H and O–H groups in total. The fraction of sp³-hybridized carbons (Fsp3) is 0.538. The van der Waals surface area contributed by atoms with Gasteiger partial charge in [0.15, 0.2) is 0 Å². The molecule has 1 aliphatic carbocycles. The number of nitrogens with zero attached hydrogens (tertiary/aromatic N) is 1. The number of ether oxygens (including phenoxy) is 1. The number of aromatic nitrogens is 1. The van der Waals surface area contributed by atoms with Gasteiger partial charge in [-0.3, -0.25) is 14.6 Å². The van der Waals surface area contributed by atoms with Gasteiger partial charge in [0.1, 0.15) is 6.10 Å². The van der Waals surface area contributed by atoms with E-state index in [1.807, 2.05) is 6.07 Å². The monoisotopic (exact) mass is 326 g/mol. The molecule has 2 heterocycles. The van der Waals surface area contributed by atoms with Gasteiger partial charge in [-0.1, -0.05) is 0 Å². The first-order valence-corrected chi connectivity index (χ1v) is 7.15. The minimum atomic E-state index is -0.462. The van der Waals surface area contributed by atoms with Gasteiger partial charge in [-0.25, -0.2) is 5.48 Å². The van der Waals surface area contributed by atoms with Crippen LogP contribution in [0.15, 0.2) is 22.9 Å². The number of nitrogens with one attached hydrogen (secondary N) is 1. The summed E-state index contributed by atoms with van der Waals surface area (Å²) < 4.78 is 6.08. The van der Waals surface area contributed by atoms with E-state index in [0.29, 0.717) is 13.2 Å². The summed E-state index contributed by atoms with van der Waals surface area (Å²) in [6.07, 6.45) is 5.93. The van der Waals surface area contributed by atoms with Gasteiger partial charge in [0.2, 0.25) is 0 Å². The van der Waals surface area contributed by atoms with Crippen molar-refractivity contribution in [1.29, 1.82) is 0 Å². The van der Waals surface area contributed by atoms with Crippen molar-refractivity contribution >= 4 is 21.8 Å². The van der Waals surface area contributed by atoms with Crippen molar-refractivity contribution in [1.82, 2.24) is 10.5 Å². The Hall–Kier alpha value is -0.980. The number of carbonyl (C=O) groups is 1. The highest BCUT2D eigenvalue weighted by Gasteiger charge is 2.52. The Morgan fingerprint density at radius 2 is 2.37 bits per heavy atom. The van der Waals surface area contributed by atoms with Crippen molar-refractivity contribution in [3.05, 3.63) is 28.5 Å². The second-order valence-electron chi connectivity index (χ2n) is 5.01. The van der Waals surface area contributed by atoms with Gasteiger partial charge in [0.05, 0.1) is 12.0 Å². The molecule has 0 aromatic carbocycles. The van der Waals surface area contributed by atoms with E-state index in [2.05, 4.69) is 26.4 Å². The Morgan fingerprint density at radius 1 is 1.53 bits per heavy atom. The van der Waals surface area contributed by atoms with Crippen molar-refractivity contribution in [3.63, 3.8) is 0 Å². The summed E-state index contributed by atoms with van der Waals surface area (Å²) in [5, 5.41) is 0. The third-order valence-electron chi connectivity index (χ3n) is 3.65. The van der Waals surface area contributed by atoms with Crippen LogP contribution in [-0.2, 0) is 19.8 Å². The number of amides is 1. The molecule has 19 heavy (non-hydrogen) atoms. The molecule has 3 rings (SSSR count). The number of rotatable bonds is 4. The van der Waals surface area contributed by atoms with E-state index in [0.717, 1.165) is 29.3 Å². The van der Waals surface area contributed by atoms with Crippen molar-refractivity contribution in [2.24, 2.45) is 0 Å². The molecule has 0 radical (unpaired) electrons. The normalized spacial score (nSPS) is 24.2. The van der Waals surface area contributed by atoms with Crippen LogP contribution in [0, 0.1) is 0 Å². The molecule has 2 aliphatic rings. The second kappa shape index (κ2) is 5.19. The highest BCUT2D eigenvalue weighted by atomic mass is 79.9. The quantitative estimate of drug-likeness (QED) is 0.856. The molecule has 1 unspecified atom stereocenters. The third-order valence-corrected chi connectivity index (χ3v) is 4.08. The maximum absolute atomic E-state index is 12.3. The summed E-state index contributed by atoms with van der Waals surface area (Å²) in [6.45, 7) is 1.24. The van der Waals surface area contributed by atoms with Crippen molar-refractivity contribution in [3.8, 4) is 0 Å². The van der Waals surface area contributed by atoms with E-state index in [-0.39, 0.29) is 12.0 Å². The van der Waals surface area contributed by atoms with Crippen molar-refractivity contribution < 1.29 is 14.4 Å². The van der Waals surface area contributed by atoms with Crippen LogP contribution in [0.4, 0.5) is 0 Å². The molecule has 1 atom stereocenters. The Bertz CT molecular complexity index is 485. The summed E-state index contributed by atoms with van der Waals surface area (Å²) in [5.41, 5.74) is 3.06. The van der Waals surface area contributed by atoms with Gasteiger partial charge >= 0.3 is 0 Å². The van der Waals surface area contributed by atoms with Crippen LogP contribution >= 0.6 is 15.9 Å². The van der Waals surface area contributed by atoms with Crippen LogP contribution < -0.4 is 5.48 Å². The van der Waals surface area contributed by atoms with Crippen LogP contribution in [0.5, 0.6) is 0 Å². The maximum atomic E-state index is 12.3. The van der Waals surface area contributed by atoms with Gasteiger partial charge in [-0.2, -0.15) is 0 Å². The van der Waals surface area contributed by atoms with Crippen LogP contribution in [0.2, 0.25) is 0 Å². The number of pyridine rings is 1. The molecule has 6 heteroatoms. The van der Waals surface area contributed by atoms with E-state index in [9.17, 15) is 4.79 Å². The van der Waals surface area contributed by atoms with E-state index in [1.165, 1.54) is 0 Å². The number of halogens is 1. The van der Waals surface area contributed by atoms with E-state index >= 15 is 0 Å². The number of hydrogen-bond acceptors (Lipinski definition) is 4. The molecule has 1 saturated heterocycles. The zero-order valence-electron chi connectivity index (χ0n) is 10.4. The predicted octanol–water partition coefficient (Wildman–Crippen LogP) is 1.71. The third kappa shape index (κ3) is 2.66. The summed E-state index contributed by atoms with van der Waals surface area (Å²) in [6, 6.07) is 1.94. The number of carbonyl (C=O) groups excluding carboxylic acids is 1. The lowest BCUT2D eigenvalue weighted by molar-refractivity contribution is -0.141. The van der Waals surface area contributed by atoms with Crippen LogP contribution in [0.25, 0.3) is 0 Å². The largest absolute Gasteiger partial charge is 0.379 e. The molecule has 2 fully saturated rings. The molecule has 1 saturated carbocycles. The van der Waals surface area contributed by atoms with Crippen molar-refractivity contribution in [2.45, 2.75) is 30.8 Å². The van der Waals surface area contributed by atoms with Crippen molar-refractivity contribution in [2.75, 3.05) is 13.2 Å². The number of hydroxylamine groups is 1. The van der Waals surface area contributed by atoms with Gasteiger partial charge in [0.25, 0.3) is 5.91 Å². The zero-order chi connectivity index (χ0) is 13.3. The Balaban J connectivity index is 1.65. The van der Waals surface area contributed by atoms with Crippen LogP contribution in [0.3, 0.4) is 0 Å². The average molecular weight is 327 g/mol. The summed E-state index contributed by atoms with van der Waals surface area (Å²) in [4.78, 5) is 21.8. The van der Waals surface area contributed by atoms with Gasteiger partial charge in [-0.15, -0.1) is 0 Å². The van der Waals surface area contributed by atoms with Gasteiger partial charge in [0, 0.05) is 29.9 Å². The van der Waals surface area contributed by atoms with E-state index in [1.54, 1.807) is 12.4 Å². The minimum Gasteiger partial charge on any atom is -0.379 e. The van der Waals surface area contributed by atoms with Gasteiger partial charge < -0.3 is 4.74 Å². The molecule has 0 spiro atoms. The molecule has 102 valence electrons. The highest BCUT2D eigenvalue weighted by molar-refractivity contribution is 9.10. The standard InChI is InChI=1S/C13H15BrN2O3/c14-10-5-9(6-15-7-10)13(2-3-13)12(17)16-19-11-1-4-18-8-11/h5-7,11H,1-4,8H2,(H,16,17). The molecular weight excluding hydrogens is 312 g/mol. The van der Waals surface area contributed by atoms with E-state index in [4.69, 9.17) is 9.57 Å². The molecule has 1 aromatic rings.